The van der Waals surface area contributed by atoms with Crippen LogP contribution in [0, 0.1) is 0 Å². The van der Waals surface area contributed by atoms with Gasteiger partial charge in [0.1, 0.15) is 5.75 Å². The van der Waals surface area contributed by atoms with E-state index in [4.69, 9.17) is 9.84 Å². The van der Waals surface area contributed by atoms with Crippen LogP contribution >= 0.6 is 0 Å². The third-order valence-electron chi connectivity index (χ3n) is 3.00. The van der Waals surface area contributed by atoms with E-state index in [1.165, 1.54) is 0 Å². The molecule has 92 valence electrons. The van der Waals surface area contributed by atoms with Gasteiger partial charge in [-0.2, -0.15) is 0 Å². The van der Waals surface area contributed by atoms with Crippen molar-refractivity contribution in [3.05, 3.63) is 29.3 Å². The lowest BCUT2D eigenvalue weighted by Crippen LogP contribution is -2.36. The summed E-state index contributed by atoms with van der Waals surface area (Å²) in [6.07, 6.45) is 1.57. The van der Waals surface area contributed by atoms with Crippen LogP contribution in [0.25, 0.3) is 0 Å². The zero-order valence-electron chi connectivity index (χ0n) is 9.90. The highest BCUT2D eigenvalue weighted by atomic mass is 16.5. The van der Waals surface area contributed by atoms with Crippen LogP contribution in [0.3, 0.4) is 0 Å². The van der Waals surface area contributed by atoms with Gasteiger partial charge in [-0.1, -0.05) is 6.92 Å². The third-order valence-corrected chi connectivity index (χ3v) is 3.00. The number of hydrogen-bond donors (Lipinski definition) is 2. The fourth-order valence-electron chi connectivity index (χ4n) is 1.87. The second-order valence-corrected chi connectivity index (χ2v) is 4.18. The number of nitrogens with one attached hydrogen (secondary N) is 1. The van der Waals surface area contributed by atoms with Crippen molar-refractivity contribution < 1.29 is 14.6 Å². The van der Waals surface area contributed by atoms with Crippen LogP contribution < -0.4 is 10.1 Å². The SMILES string of the molecule is CC[C@@H](CO)NC(=O)c1ccc2c(c1)CCO2. The van der Waals surface area contributed by atoms with Crippen LogP contribution in [0.4, 0.5) is 0 Å². The van der Waals surface area contributed by atoms with Gasteiger partial charge in [0.25, 0.3) is 5.91 Å². The molecule has 0 fully saturated rings. The van der Waals surface area contributed by atoms with Crippen molar-refractivity contribution in [3.8, 4) is 5.75 Å². The number of hydrogen-bond acceptors (Lipinski definition) is 3. The Kier molecular flexibility index (Phi) is 3.64. The highest BCUT2D eigenvalue weighted by Crippen LogP contribution is 2.25. The number of ether oxygens (including phenoxy) is 1. The highest BCUT2D eigenvalue weighted by molar-refractivity contribution is 5.94. The Balaban J connectivity index is 2.09. The van der Waals surface area contributed by atoms with Crippen LogP contribution in [0.1, 0.15) is 29.3 Å². The molecule has 4 nitrogen and oxygen atoms in total. The van der Waals surface area contributed by atoms with Gasteiger partial charge in [0.05, 0.1) is 19.3 Å². The third kappa shape index (κ3) is 2.58. The molecule has 0 radical (unpaired) electrons. The fourth-order valence-corrected chi connectivity index (χ4v) is 1.87. The van der Waals surface area contributed by atoms with E-state index in [1.54, 1.807) is 6.07 Å². The normalized spacial score (nSPS) is 14.9. The number of fused-ring (bicyclic) bond motifs is 1. The lowest BCUT2D eigenvalue weighted by molar-refractivity contribution is 0.0915. The van der Waals surface area contributed by atoms with Gasteiger partial charge in [-0.3, -0.25) is 4.79 Å². The minimum atomic E-state index is -0.174. The van der Waals surface area contributed by atoms with E-state index in [0.717, 1.165) is 24.2 Å². The van der Waals surface area contributed by atoms with E-state index in [2.05, 4.69) is 5.32 Å². The molecule has 0 saturated carbocycles. The van der Waals surface area contributed by atoms with Crippen LogP contribution in [0.15, 0.2) is 18.2 Å². The molecule has 1 atom stereocenters. The first-order chi connectivity index (χ1) is 8.24. The zero-order chi connectivity index (χ0) is 12.3. The molecule has 0 saturated heterocycles. The molecule has 17 heavy (non-hydrogen) atoms. The molecule has 0 bridgehead atoms. The first-order valence-electron chi connectivity index (χ1n) is 5.92. The number of aliphatic hydroxyl groups is 1. The Hall–Kier alpha value is -1.55. The summed E-state index contributed by atoms with van der Waals surface area (Å²) >= 11 is 0. The smallest absolute Gasteiger partial charge is 0.251 e. The molecule has 1 aliphatic heterocycles. The topological polar surface area (TPSA) is 58.6 Å². The standard InChI is InChI=1S/C13H17NO3/c1-2-11(8-15)14-13(16)10-3-4-12-9(7-10)5-6-17-12/h3-4,7,11,15H,2,5-6,8H2,1H3,(H,14,16)/t11-/m0/s1. The summed E-state index contributed by atoms with van der Waals surface area (Å²) in [6, 6.07) is 5.27. The molecule has 1 heterocycles. The Labute approximate surface area is 101 Å². The number of rotatable bonds is 4. The van der Waals surface area contributed by atoms with E-state index < -0.39 is 0 Å². The van der Waals surface area contributed by atoms with Gasteiger partial charge in [-0.25, -0.2) is 0 Å². The summed E-state index contributed by atoms with van der Waals surface area (Å²) in [6.45, 7) is 2.59. The Bertz CT molecular complexity index is 413. The number of carbonyl (C=O) groups is 1. The molecule has 1 aliphatic rings. The number of carbonyl (C=O) groups excluding carboxylic acids is 1. The van der Waals surface area contributed by atoms with Crippen molar-refractivity contribution in [2.24, 2.45) is 0 Å². The van der Waals surface area contributed by atoms with Gasteiger partial charge in [-0.15, -0.1) is 0 Å². The number of benzene rings is 1. The molecule has 4 heteroatoms. The van der Waals surface area contributed by atoms with Gasteiger partial charge < -0.3 is 15.2 Å². The van der Waals surface area contributed by atoms with E-state index in [1.807, 2.05) is 19.1 Å². The summed E-state index contributed by atoms with van der Waals surface area (Å²) in [7, 11) is 0. The monoisotopic (exact) mass is 235 g/mol. The Morgan fingerprint density at radius 1 is 1.59 bits per heavy atom. The minimum absolute atomic E-state index is 0.0315. The van der Waals surface area contributed by atoms with E-state index in [-0.39, 0.29) is 18.6 Å². The van der Waals surface area contributed by atoms with Crippen molar-refractivity contribution >= 4 is 5.91 Å². The van der Waals surface area contributed by atoms with Crippen molar-refractivity contribution in [2.45, 2.75) is 25.8 Å². The largest absolute Gasteiger partial charge is 0.493 e. The second-order valence-electron chi connectivity index (χ2n) is 4.18. The van der Waals surface area contributed by atoms with Crippen LogP contribution in [-0.4, -0.2) is 30.3 Å². The Morgan fingerprint density at radius 2 is 2.41 bits per heavy atom. The summed E-state index contributed by atoms with van der Waals surface area (Å²) in [5.74, 6) is 0.733. The molecule has 0 spiro atoms. The van der Waals surface area contributed by atoms with Gasteiger partial charge in [0.2, 0.25) is 0 Å². The number of aliphatic hydroxyl groups excluding tert-OH is 1. The van der Waals surface area contributed by atoms with E-state index >= 15 is 0 Å². The predicted octanol–water partition coefficient (Wildman–Crippen LogP) is 1.12. The average Bonchev–Trinajstić information content (AvgIpc) is 2.82. The van der Waals surface area contributed by atoms with Gasteiger partial charge in [0, 0.05) is 12.0 Å². The Morgan fingerprint density at radius 3 is 3.12 bits per heavy atom. The fraction of sp³-hybridized carbons (Fsp3) is 0.462. The molecule has 0 aliphatic carbocycles. The molecule has 0 unspecified atom stereocenters. The van der Waals surface area contributed by atoms with Crippen LogP contribution in [0.5, 0.6) is 5.75 Å². The predicted molar refractivity (Wildman–Crippen MR) is 64.3 cm³/mol. The van der Waals surface area contributed by atoms with Crippen molar-refractivity contribution in [3.63, 3.8) is 0 Å². The maximum atomic E-state index is 11.9. The quantitative estimate of drug-likeness (QED) is 0.822. The lowest BCUT2D eigenvalue weighted by atomic mass is 10.1. The molecule has 2 rings (SSSR count). The van der Waals surface area contributed by atoms with Crippen LogP contribution in [-0.2, 0) is 6.42 Å². The molecule has 1 aromatic carbocycles. The molecule has 1 amide bonds. The summed E-state index contributed by atoms with van der Waals surface area (Å²) < 4.78 is 5.38. The molecule has 1 aromatic rings. The van der Waals surface area contributed by atoms with E-state index in [9.17, 15) is 4.79 Å². The maximum Gasteiger partial charge on any atom is 0.251 e. The summed E-state index contributed by atoms with van der Waals surface area (Å²) in [4.78, 5) is 11.9. The van der Waals surface area contributed by atoms with Gasteiger partial charge in [-0.05, 0) is 30.2 Å². The first-order valence-corrected chi connectivity index (χ1v) is 5.92. The lowest BCUT2D eigenvalue weighted by Gasteiger charge is -2.14. The van der Waals surface area contributed by atoms with Crippen molar-refractivity contribution in [2.75, 3.05) is 13.2 Å². The number of amides is 1. The zero-order valence-corrected chi connectivity index (χ0v) is 9.90. The minimum Gasteiger partial charge on any atom is -0.493 e. The first kappa shape index (κ1) is 11.9. The van der Waals surface area contributed by atoms with Gasteiger partial charge in [0.15, 0.2) is 0 Å². The molecule has 2 N–H and O–H groups in total. The van der Waals surface area contributed by atoms with Crippen LogP contribution in [0.2, 0.25) is 0 Å². The summed E-state index contributed by atoms with van der Waals surface area (Å²) in [5, 5.41) is 11.8. The van der Waals surface area contributed by atoms with Crippen molar-refractivity contribution in [1.82, 2.24) is 5.32 Å². The highest BCUT2D eigenvalue weighted by Gasteiger charge is 2.16. The molecular weight excluding hydrogens is 218 g/mol. The van der Waals surface area contributed by atoms with Crippen molar-refractivity contribution in [1.29, 1.82) is 0 Å². The van der Waals surface area contributed by atoms with Gasteiger partial charge >= 0.3 is 0 Å². The molecular formula is C13H17NO3. The maximum absolute atomic E-state index is 11.9. The summed E-state index contributed by atoms with van der Waals surface area (Å²) in [5.41, 5.74) is 1.70. The molecule has 0 aromatic heterocycles. The van der Waals surface area contributed by atoms with E-state index in [0.29, 0.717) is 12.2 Å². The average molecular weight is 235 g/mol. The second kappa shape index (κ2) is 5.19.